The number of hydrogen-bond donors (Lipinski definition) is 1. The van der Waals surface area contributed by atoms with E-state index in [1.54, 1.807) is 54.6 Å². The van der Waals surface area contributed by atoms with Gasteiger partial charge in [0.1, 0.15) is 17.3 Å². The summed E-state index contributed by atoms with van der Waals surface area (Å²) in [6.45, 7) is -0.0591. The van der Waals surface area contributed by atoms with Gasteiger partial charge in [0.25, 0.3) is 15.9 Å². The maximum absolute atomic E-state index is 14.1. The Bertz CT molecular complexity index is 1390. The quantitative estimate of drug-likeness (QED) is 0.375. The number of anilines is 2. The monoisotopic (exact) mass is 478 g/mol. The lowest BCUT2D eigenvalue weighted by Gasteiger charge is -2.26. The summed E-state index contributed by atoms with van der Waals surface area (Å²) in [5.41, 5.74) is 0.102. The minimum absolute atomic E-state index is 0.0429. The largest absolute Gasteiger partial charge is 0.317 e. The average Bonchev–Trinajstić information content (AvgIpc) is 2.86. The van der Waals surface area contributed by atoms with Crippen LogP contribution in [0.3, 0.4) is 0 Å². The van der Waals surface area contributed by atoms with Gasteiger partial charge in [-0.15, -0.1) is 0 Å². The molecule has 0 aliphatic heterocycles. The third kappa shape index (κ3) is 4.82. The van der Waals surface area contributed by atoms with Crippen molar-refractivity contribution in [3.8, 4) is 0 Å². The van der Waals surface area contributed by atoms with Crippen molar-refractivity contribution in [1.82, 2.24) is 0 Å². The summed E-state index contributed by atoms with van der Waals surface area (Å²) in [5, 5.41) is 2.23. The molecule has 0 aliphatic carbocycles. The first-order valence-electron chi connectivity index (χ1n) is 10.3. The van der Waals surface area contributed by atoms with E-state index in [4.69, 9.17) is 0 Å². The Labute approximate surface area is 196 Å². The lowest BCUT2D eigenvalue weighted by molar-refractivity contribution is 0.102. The van der Waals surface area contributed by atoms with Gasteiger partial charge in [0.2, 0.25) is 0 Å². The van der Waals surface area contributed by atoms with Crippen molar-refractivity contribution < 1.29 is 22.0 Å². The van der Waals surface area contributed by atoms with Crippen LogP contribution in [-0.2, 0) is 16.6 Å². The van der Waals surface area contributed by atoms with Crippen LogP contribution in [0.5, 0.6) is 0 Å². The van der Waals surface area contributed by atoms with Gasteiger partial charge in [-0.25, -0.2) is 17.2 Å². The van der Waals surface area contributed by atoms with Gasteiger partial charge in [-0.1, -0.05) is 66.7 Å². The molecule has 0 atom stereocenters. The number of halogens is 2. The second kappa shape index (κ2) is 9.84. The van der Waals surface area contributed by atoms with Crippen LogP contribution in [0.2, 0.25) is 0 Å². The van der Waals surface area contributed by atoms with Crippen LogP contribution in [0.1, 0.15) is 15.9 Å². The zero-order valence-electron chi connectivity index (χ0n) is 17.9. The van der Waals surface area contributed by atoms with Gasteiger partial charge >= 0.3 is 0 Å². The first-order chi connectivity index (χ1) is 16.4. The van der Waals surface area contributed by atoms with Crippen molar-refractivity contribution in [3.05, 3.63) is 126 Å². The minimum Gasteiger partial charge on any atom is -0.317 e. The van der Waals surface area contributed by atoms with Gasteiger partial charge < -0.3 is 5.32 Å². The maximum Gasteiger partial charge on any atom is 0.264 e. The fraction of sp³-hybridized carbons (Fsp3) is 0.0385. The third-order valence-electron chi connectivity index (χ3n) is 5.12. The molecule has 172 valence electrons. The lowest BCUT2D eigenvalue weighted by atomic mass is 10.1. The summed E-state index contributed by atoms with van der Waals surface area (Å²) in [4.78, 5) is 13.1. The number of carbonyl (C=O) groups excluding carboxylic acids is 1. The van der Waals surface area contributed by atoms with Gasteiger partial charge in [0.05, 0.1) is 22.7 Å². The summed E-state index contributed by atoms with van der Waals surface area (Å²) >= 11 is 0. The van der Waals surface area contributed by atoms with Crippen molar-refractivity contribution in [3.63, 3.8) is 0 Å². The normalized spacial score (nSPS) is 11.1. The Kier molecular flexibility index (Phi) is 6.70. The molecule has 4 aromatic carbocycles. The van der Waals surface area contributed by atoms with Crippen LogP contribution < -0.4 is 9.62 Å². The molecule has 8 heteroatoms. The number of rotatable bonds is 7. The Morgan fingerprint density at radius 2 is 1.29 bits per heavy atom. The zero-order chi connectivity index (χ0) is 24.1. The van der Waals surface area contributed by atoms with E-state index in [1.165, 1.54) is 30.3 Å². The van der Waals surface area contributed by atoms with E-state index >= 15 is 0 Å². The SMILES string of the molecule is O=C(Nc1c(F)cccc1F)c1ccccc1N(Cc1ccccc1)S(=O)(=O)c1ccccc1. The third-order valence-corrected chi connectivity index (χ3v) is 6.89. The smallest absolute Gasteiger partial charge is 0.264 e. The highest BCUT2D eigenvalue weighted by atomic mass is 32.2. The molecule has 0 radical (unpaired) electrons. The Morgan fingerprint density at radius 1 is 0.735 bits per heavy atom. The molecule has 4 aromatic rings. The van der Waals surface area contributed by atoms with Crippen LogP contribution in [0.15, 0.2) is 108 Å². The second-order valence-corrected chi connectivity index (χ2v) is 9.24. The number of carbonyl (C=O) groups is 1. The van der Waals surface area contributed by atoms with E-state index in [1.807, 2.05) is 6.07 Å². The second-order valence-electron chi connectivity index (χ2n) is 7.38. The van der Waals surface area contributed by atoms with Crippen molar-refractivity contribution >= 4 is 27.3 Å². The lowest BCUT2D eigenvalue weighted by Crippen LogP contribution is -2.32. The van der Waals surface area contributed by atoms with Gasteiger partial charge in [0, 0.05) is 0 Å². The number of para-hydroxylation sites is 2. The summed E-state index contributed by atoms with van der Waals surface area (Å²) in [6.07, 6.45) is 0. The molecule has 0 aromatic heterocycles. The summed E-state index contributed by atoms with van der Waals surface area (Å²) in [5.74, 6) is -2.73. The highest BCUT2D eigenvalue weighted by molar-refractivity contribution is 7.92. The molecule has 0 bridgehead atoms. The van der Waals surface area contributed by atoms with Gasteiger partial charge in [0.15, 0.2) is 0 Å². The van der Waals surface area contributed by atoms with E-state index < -0.39 is 33.3 Å². The number of hydrogen-bond acceptors (Lipinski definition) is 3. The number of nitrogens with zero attached hydrogens (tertiary/aromatic N) is 1. The Morgan fingerprint density at radius 3 is 1.94 bits per heavy atom. The summed E-state index contributed by atoms with van der Waals surface area (Å²) in [7, 11) is -4.09. The molecule has 0 spiro atoms. The van der Waals surface area contributed by atoms with Crippen molar-refractivity contribution in [2.75, 3.05) is 9.62 Å². The van der Waals surface area contributed by atoms with Crippen molar-refractivity contribution in [2.45, 2.75) is 11.4 Å². The van der Waals surface area contributed by atoms with E-state index in [0.717, 1.165) is 16.4 Å². The molecule has 0 fully saturated rings. The Balaban J connectivity index is 1.81. The molecule has 34 heavy (non-hydrogen) atoms. The topological polar surface area (TPSA) is 66.5 Å². The fourth-order valence-corrected chi connectivity index (χ4v) is 4.94. The molecule has 0 unspecified atom stereocenters. The highest BCUT2D eigenvalue weighted by Crippen LogP contribution is 2.30. The first kappa shape index (κ1) is 23.1. The molecular weight excluding hydrogens is 458 g/mol. The van der Waals surface area contributed by atoms with Gasteiger partial charge in [-0.3, -0.25) is 9.10 Å². The molecule has 0 heterocycles. The van der Waals surface area contributed by atoms with E-state index in [0.29, 0.717) is 5.56 Å². The van der Waals surface area contributed by atoms with E-state index in [-0.39, 0.29) is 22.7 Å². The van der Waals surface area contributed by atoms with Gasteiger partial charge in [-0.05, 0) is 42.0 Å². The zero-order valence-corrected chi connectivity index (χ0v) is 18.7. The molecule has 4 rings (SSSR count). The van der Waals surface area contributed by atoms with Crippen LogP contribution in [0.25, 0.3) is 0 Å². The molecule has 0 aliphatic rings. The summed E-state index contributed by atoms with van der Waals surface area (Å²) in [6, 6.07) is 26.0. The number of sulfonamides is 1. The van der Waals surface area contributed by atoms with E-state index in [9.17, 15) is 22.0 Å². The van der Waals surface area contributed by atoms with Gasteiger partial charge in [-0.2, -0.15) is 0 Å². The standard InChI is InChI=1S/C26H20F2N2O3S/c27-22-15-9-16-23(28)25(22)29-26(31)21-14-7-8-17-24(21)30(18-19-10-3-1-4-11-19)34(32,33)20-12-5-2-6-13-20/h1-17H,18H2,(H,29,31). The van der Waals surface area contributed by atoms with Crippen molar-refractivity contribution in [1.29, 1.82) is 0 Å². The predicted octanol–water partition coefficient (Wildman–Crippen LogP) is 5.61. The van der Waals surface area contributed by atoms with Crippen LogP contribution in [0, 0.1) is 11.6 Å². The molecule has 1 N–H and O–H groups in total. The minimum atomic E-state index is -4.09. The van der Waals surface area contributed by atoms with Crippen LogP contribution in [-0.4, -0.2) is 14.3 Å². The molecule has 0 saturated heterocycles. The maximum atomic E-state index is 14.1. The fourth-order valence-electron chi connectivity index (χ4n) is 3.45. The van der Waals surface area contributed by atoms with E-state index in [2.05, 4.69) is 5.32 Å². The van der Waals surface area contributed by atoms with Crippen LogP contribution >= 0.6 is 0 Å². The van der Waals surface area contributed by atoms with Crippen LogP contribution in [0.4, 0.5) is 20.2 Å². The number of benzene rings is 4. The number of amides is 1. The average molecular weight is 479 g/mol. The Hall–Kier alpha value is -4.04. The molecule has 0 saturated carbocycles. The number of nitrogens with one attached hydrogen (secondary N) is 1. The summed E-state index contributed by atoms with van der Waals surface area (Å²) < 4.78 is 56.7. The molecule has 5 nitrogen and oxygen atoms in total. The highest BCUT2D eigenvalue weighted by Gasteiger charge is 2.29. The predicted molar refractivity (Wildman–Crippen MR) is 127 cm³/mol. The molecule has 1 amide bonds. The first-order valence-corrected chi connectivity index (χ1v) is 11.8. The molecular formula is C26H20F2N2O3S. The van der Waals surface area contributed by atoms with Crippen molar-refractivity contribution in [2.24, 2.45) is 0 Å².